The summed E-state index contributed by atoms with van der Waals surface area (Å²) in [6, 6.07) is 8.63. The van der Waals surface area contributed by atoms with Gasteiger partial charge in [0.1, 0.15) is 11.7 Å². The Morgan fingerprint density at radius 3 is 1.80 bits per heavy atom. The van der Waals surface area contributed by atoms with Crippen molar-refractivity contribution < 1.29 is 0 Å². The fourth-order valence-corrected chi connectivity index (χ4v) is 2.86. The molecule has 0 spiro atoms. The molecule has 0 radical (unpaired) electrons. The molecule has 0 saturated heterocycles. The second kappa shape index (κ2) is 5.65. The second-order valence-corrected chi connectivity index (χ2v) is 5.54. The van der Waals surface area contributed by atoms with Crippen LogP contribution in [0.5, 0.6) is 0 Å². The monoisotopic (exact) mass is 270 g/mol. The summed E-state index contributed by atoms with van der Waals surface area (Å²) in [6.45, 7) is 4.04. The van der Waals surface area contributed by atoms with Crippen LogP contribution in [0.25, 0.3) is 0 Å². The summed E-state index contributed by atoms with van der Waals surface area (Å²) in [4.78, 5) is 13.8. The maximum absolute atomic E-state index is 4.68. The van der Waals surface area contributed by atoms with E-state index in [0.717, 1.165) is 50.7 Å². The summed E-state index contributed by atoms with van der Waals surface area (Å²) in [7, 11) is 4.24. The Hall–Kier alpha value is -1.84. The minimum Gasteiger partial charge on any atom is -0.359 e. The van der Waals surface area contributed by atoms with Gasteiger partial charge in [0.25, 0.3) is 0 Å². The first-order valence-electron chi connectivity index (χ1n) is 7.38. The van der Waals surface area contributed by atoms with Gasteiger partial charge in [-0.1, -0.05) is 18.2 Å². The maximum Gasteiger partial charge on any atom is 0.130 e. The van der Waals surface area contributed by atoms with E-state index in [1.807, 2.05) is 0 Å². The molecule has 2 aliphatic rings. The SMILES string of the molecule is CN1CCCN=C1c1cccc(C2=NCCCN2C)c1. The fraction of sp³-hybridized carbons (Fsp3) is 0.500. The van der Waals surface area contributed by atoms with Crippen molar-refractivity contribution in [3.8, 4) is 0 Å². The molecule has 0 aromatic heterocycles. The Balaban J connectivity index is 1.93. The van der Waals surface area contributed by atoms with Crippen molar-refractivity contribution in [1.29, 1.82) is 0 Å². The first-order valence-corrected chi connectivity index (χ1v) is 7.38. The van der Waals surface area contributed by atoms with Gasteiger partial charge >= 0.3 is 0 Å². The standard InChI is InChI=1S/C16H22N4/c1-19-10-4-8-17-15(19)13-6-3-7-14(12-13)16-18-9-5-11-20(16)2/h3,6-7,12H,4-5,8-11H2,1-2H3. The van der Waals surface area contributed by atoms with E-state index in [1.165, 1.54) is 11.1 Å². The Morgan fingerprint density at radius 1 is 0.850 bits per heavy atom. The lowest BCUT2D eigenvalue weighted by Crippen LogP contribution is -2.34. The van der Waals surface area contributed by atoms with Gasteiger partial charge in [0.05, 0.1) is 0 Å². The summed E-state index contributed by atoms with van der Waals surface area (Å²) < 4.78 is 0. The molecular weight excluding hydrogens is 248 g/mol. The van der Waals surface area contributed by atoms with Gasteiger partial charge in [0.15, 0.2) is 0 Å². The molecule has 0 bridgehead atoms. The molecule has 4 nitrogen and oxygen atoms in total. The lowest BCUT2D eigenvalue weighted by atomic mass is 10.1. The predicted molar refractivity (Wildman–Crippen MR) is 83.7 cm³/mol. The normalized spacial score (nSPS) is 19.7. The quantitative estimate of drug-likeness (QED) is 0.821. The van der Waals surface area contributed by atoms with Crippen LogP contribution >= 0.6 is 0 Å². The minimum absolute atomic E-state index is 0.935. The van der Waals surface area contributed by atoms with E-state index >= 15 is 0 Å². The Labute approximate surface area is 120 Å². The molecule has 3 rings (SSSR count). The lowest BCUT2D eigenvalue weighted by Gasteiger charge is -2.27. The molecule has 20 heavy (non-hydrogen) atoms. The van der Waals surface area contributed by atoms with Crippen LogP contribution in [-0.2, 0) is 0 Å². The minimum atomic E-state index is 0.935. The second-order valence-electron chi connectivity index (χ2n) is 5.54. The molecule has 2 heterocycles. The van der Waals surface area contributed by atoms with Crippen LogP contribution in [0, 0.1) is 0 Å². The zero-order valence-corrected chi connectivity index (χ0v) is 12.3. The van der Waals surface area contributed by atoms with Crippen LogP contribution < -0.4 is 0 Å². The molecule has 2 aliphatic heterocycles. The first-order chi connectivity index (χ1) is 9.75. The zero-order valence-electron chi connectivity index (χ0n) is 12.3. The number of rotatable bonds is 2. The van der Waals surface area contributed by atoms with Gasteiger partial charge in [-0.3, -0.25) is 9.98 Å². The van der Waals surface area contributed by atoms with E-state index in [2.05, 4.69) is 58.1 Å². The number of benzene rings is 1. The van der Waals surface area contributed by atoms with E-state index in [0.29, 0.717) is 0 Å². The van der Waals surface area contributed by atoms with E-state index in [9.17, 15) is 0 Å². The van der Waals surface area contributed by atoms with Gasteiger partial charge in [0, 0.05) is 51.4 Å². The van der Waals surface area contributed by atoms with Crippen molar-refractivity contribution in [2.75, 3.05) is 40.3 Å². The van der Waals surface area contributed by atoms with Crippen molar-refractivity contribution in [3.05, 3.63) is 35.4 Å². The van der Waals surface area contributed by atoms with Crippen LogP contribution in [0.4, 0.5) is 0 Å². The third-order valence-corrected chi connectivity index (χ3v) is 3.93. The highest BCUT2D eigenvalue weighted by Crippen LogP contribution is 2.15. The number of nitrogens with zero attached hydrogens (tertiary/aromatic N) is 4. The van der Waals surface area contributed by atoms with Gasteiger partial charge in [0.2, 0.25) is 0 Å². The summed E-state index contributed by atoms with van der Waals surface area (Å²) in [6.07, 6.45) is 2.30. The van der Waals surface area contributed by atoms with E-state index < -0.39 is 0 Å². The number of amidine groups is 2. The summed E-state index contributed by atoms with van der Waals surface area (Å²) in [5, 5.41) is 0. The van der Waals surface area contributed by atoms with Gasteiger partial charge < -0.3 is 9.80 Å². The number of hydrogen-bond acceptors (Lipinski definition) is 4. The smallest absolute Gasteiger partial charge is 0.130 e. The molecule has 4 heteroatoms. The van der Waals surface area contributed by atoms with Crippen molar-refractivity contribution in [2.24, 2.45) is 9.98 Å². The molecule has 1 aromatic rings. The fourth-order valence-electron chi connectivity index (χ4n) is 2.86. The molecule has 106 valence electrons. The topological polar surface area (TPSA) is 31.2 Å². The highest BCUT2D eigenvalue weighted by molar-refractivity contribution is 6.04. The predicted octanol–water partition coefficient (Wildman–Crippen LogP) is 1.85. The first kappa shape index (κ1) is 13.2. The van der Waals surface area contributed by atoms with Crippen molar-refractivity contribution in [2.45, 2.75) is 12.8 Å². The molecule has 0 N–H and O–H groups in total. The largest absolute Gasteiger partial charge is 0.359 e. The van der Waals surface area contributed by atoms with Crippen LogP contribution in [0.1, 0.15) is 24.0 Å². The average molecular weight is 270 g/mol. The van der Waals surface area contributed by atoms with E-state index in [-0.39, 0.29) is 0 Å². The summed E-state index contributed by atoms with van der Waals surface area (Å²) in [5.41, 5.74) is 2.40. The third-order valence-electron chi connectivity index (χ3n) is 3.93. The third kappa shape index (κ3) is 2.55. The highest BCUT2D eigenvalue weighted by atomic mass is 15.2. The van der Waals surface area contributed by atoms with Crippen molar-refractivity contribution >= 4 is 11.7 Å². The van der Waals surface area contributed by atoms with Crippen LogP contribution in [0.2, 0.25) is 0 Å². The van der Waals surface area contributed by atoms with Crippen LogP contribution in [-0.4, -0.2) is 61.7 Å². The van der Waals surface area contributed by atoms with Gasteiger partial charge in [-0.25, -0.2) is 0 Å². The lowest BCUT2D eigenvalue weighted by molar-refractivity contribution is 0.467. The Kier molecular flexibility index (Phi) is 3.72. The number of aliphatic imine (C=N–C) groups is 2. The van der Waals surface area contributed by atoms with E-state index in [1.54, 1.807) is 0 Å². The van der Waals surface area contributed by atoms with Gasteiger partial charge in [-0.05, 0) is 18.9 Å². The molecule has 0 fully saturated rings. The van der Waals surface area contributed by atoms with Crippen molar-refractivity contribution in [1.82, 2.24) is 9.80 Å². The Morgan fingerprint density at radius 2 is 1.35 bits per heavy atom. The zero-order chi connectivity index (χ0) is 13.9. The molecule has 0 unspecified atom stereocenters. The van der Waals surface area contributed by atoms with Gasteiger partial charge in [-0.15, -0.1) is 0 Å². The molecule has 0 aliphatic carbocycles. The maximum atomic E-state index is 4.68. The van der Waals surface area contributed by atoms with Crippen LogP contribution in [0.15, 0.2) is 34.3 Å². The average Bonchev–Trinajstić information content (AvgIpc) is 2.48. The van der Waals surface area contributed by atoms with Crippen LogP contribution in [0.3, 0.4) is 0 Å². The number of hydrogen-bond donors (Lipinski definition) is 0. The summed E-state index contributed by atoms with van der Waals surface area (Å²) in [5.74, 6) is 2.22. The Bertz CT molecular complexity index is 502. The van der Waals surface area contributed by atoms with E-state index in [4.69, 9.17) is 0 Å². The highest BCUT2D eigenvalue weighted by Gasteiger charge is 2.17. The molecule has 1 aromatic carbocycles. The molecule has 0 saturated carbocycles. The summed E-state index contributed by atoms with van der Waals surface area (Å²) >= 11 is 0. The molecular formula is C16H22N4. The van der Waals surface area contributed by atoms with Gasteiger partial charge in [-0.2, -0.15) is 0 Å². The molecule has 0 atom stereocenters. The molecule has 0 amide bonds. The van der Waals surface area contributed by atoms with Crippen molar-refractivity contribution in [3.63, 3.8) is 0 Å².